The molecule has 170 valence electrons. The zero-order valence-electron chi connectivity index (χ0n) is 18.6. The molecule has 1 N–H and O–H groups in total. The first kappa shape index (κ1) is 25.1. The van der Waals surface area contributed by atoms with Crippen molar-refractivity contribution in [3.05, 3.63) is 0 Å². The minimum absolute atomic E-state index is 0. The van der Waals surface area contributed by atoms with E-state index in [9.17, 15) is 8.42 Å². The van der Waals surface area contributed by atoms with Crippen LogP contribution >= 0.6 is 24.0 Å². The van der Waals surface area contributed by atoms with Gasteiger partial charge in [-0.2, -0.15) is 0 Å². The van der Waals surface area contributed by atoms with E-state index >= 15 is 0 Å². The van der Waals surface area contributed by atoms with Crippen LogP contribution in [0, 0.1) is 0 Å². The third kappa shape index (κ3) is 5.57. The SMILES string of the molecule is CN=C(NCC1(N2CCCCC2)CCN(C)CC1)N1CCS(=O)(=O)C(C)(C)C1.I. The smallest absolute Gasteiger partial charge is 0.193 e. The summed E-state index contributed by atoms with van der Waals surface area (Å²) in [5.74, 6) is 1.04. The molecule has 0 bridgehead atoms. The van der Waals surface area contributed by atoms with Crippen molar-refractivity contribution in [2.45, 2.75) is 56.2 Å². The zero-order chi connectivity index (χ0) is 20.4. The van der Waals surface area contributed by atoms with Crippen LogP contribution in [-0.4, -0.2) is 105 Å². The summed E-state index contributed by atoms with van der Waals surface area (Å²) in [7, 11) is 0.973. The van der Waals surface area contributed by atoms with Gasteiger partial charge >= 0.3 is 0 Å². The molecule has 0 aromatic heterocycles. The van der Waals surface area contributed by atoms with Gasteiger partial charge < -0.3 is 15.1 Å². The molecule has 29 heavy (non-hydrogen) atoms. The van der Waals surface area contributed by atoms with Crippen LogP contribution in [0.1, 0.15) is 46.0 Å². The highest BCUT2D eigenvalue weighted by Crippen LogP contribution is 2.31. The molecule has 0 unspecified atom stereocenters. The molecule has 0 saturated carbocycles. The molecule has 3 rings (SSSR count). The Morgan fingerprint density at radius 1 is 1.03 bits per heavy atom. The lowest BCUT2D eigenvalue weighted by Gasteiger charge is -2.50. The predicted molar refractivity (Wildman–Crippen MR) is 131 cm³/mol. The Balaban J connectivity index is 0.00000300. The van der Waals surface area contributed by atoms with Gasteiger partial charge in [0.15, 0.2) is 15.8 Å². The number of sulfone groups is 1. The van der Waals surface area contributed by atoms with E-state index in [0.717, 1.165) is 25.6 Å². The highest BCUT2D eigenvalue weighted by molar-refractivity contribution is 14.0. The van der Waals surface area contributed by atoms with Gasteiger partial charge in [0.05, 0.1) is 10.5 Å². The number of halogens is 1. The first-order valence-corrected chi connectivity index (χ1v) is 12.5. The third-order valence-corrected chi connectivity index (χ3v) is 9.61. The van der Waals surface area contributed by atoms with E-state index in [1.807, 2.05) is 13.8 Å². The summed E-state index contributed by atoms with van der Waals surface area (Å²) in [6.45, 7) is 10.2. The fourth-order valence-corrected chi connectivity index (χ4v) is 6.27. The van der Waals surface area contributed by atoms with E-state index < -0.39 is 14.6 Å². The van der Waals surface area contributed by atoms with Crippen molar-refractivity contribution < 1.29 is 8.42 Å². The Morgan fingerprint density at radius 2 is 1.66 bits per heavy atom. The van der Waals surface area contributed by atoms with Crippen molar-refractivity contribution in [2.24, 2.45) is 4.99 Å². The number of guanidine groups is 1. The second kappa shape index (κ2) is 9.99. The number of nitrogens with zero attached hydrogens (tertiary/aromatic N) is 4. The topological polar surface area (TPSA) is 68.2 Å². The maximum Gasteiger partial charge on any atom is 0.193 e. The molecule has 7 nitrogen and oxygen atoms in total. The molecule has 0 aromatic carbocycles. The molecule has 9 heteroatoms. The van der Waals surface area contributed by atoms with E-state index in [1.54, 1.807) is 7.05 Å². The monoisotopic (exact) mass is 541 g/mol. The second-order valence-corrected chi connectivity index (χ2v) is 12.2. The number of likely N-dealkylation sites (tertiary alicyclic amines) is 2. The molecule has 0 amide bonds. The molecule has 3 heterocycles. The van der Waals surface area contributed by atoms with Crippen LogP contribution < -0.4 is 5.32 Å². The maximum atomic E-state index is 12.4. The molecule has 0 atom stereocenters. The van der Waals surface area contributed by atoms with Crippen LogP contribution in [0.4, 0.5) is 0 Å². The van der Waals surface area contributed by atoms with Gasteiger partial charge in [-0.1, -0.05) is 6.42 Å². The lowest BCUT2D eigenvalue weighted by molar-refractivity contribution is 0.0169. The van der Waals surface area contributed by atoms with Crippen molar-refractivity contribution in [2.75, 3.05) is 65.7 Å². The molecule has 3 aliphatic heterocycles. The second-order valence-electron chi connectivity index (χ2n) is 9.48. The highest BCUT2D eigenvalue weighted by atomic mass is 127. The van der Waals surface area contributed by atoms with Crippen LogP contribution in [-0.2, 0) is 9.84 Å². The van der Waals surface area contributed by atoms with Crippen molar-refractivity contribution in [1.82, 2.24) is 20.0 Å². The lowest BCUT2D eigenvalue weighted by atomic mass is 9.84. The van der Waals surface area contributed by atoms with Gasteiger partial charge in [0.2, 0.25) is 0 Å². The average molecular weight is 542 g/mol. The molecule has 0 radical (unpaired) electrons. The zero-order valence-corrected chi connectivity index (χ0v) is 21.8. The summed E-state index contributed by atoms with van der Waals surface area (Å²) in [4.78, 5) is 11.8. The quantitative estimate of drug-likeness (QED) is 0.333. The van der Waals surface area contributed by atoms with Gasteiger partial charge in [-0.25, -0.2) is 8.42 Å². The molecule has 0 spiro atoms. The summed E-state index contributed by atoms with van der Waals surface area (Å²) >= 11 is 0. The fourth-order valence-electron chi connectivity index (χ4n) is 4.91. The van der Waals surface area contributed by atoms with Crippen molar-refractivity contribution >= 4 is 39.8 Å². The molecule has 3 saturated heterocycles. The lowest BCUT2D eigenvalue weighted by Crippen LogP contribution is -2.63. The van der Waals surface area contributed by atoms with Crippen LogP contribution in [0.15, 0.2) is 4.99 Å². The Bertz CT molecular complexity index is 668. The van der Waals surface area contributed by atoms with Crippen LogP contribution in [0.3, 0.4) is 0 Å². The number of nitrogens with one attached hydrogen (secondary N) is 1. The van der Waals surface area contributed by atoms with E-state index in [4.69, 9.17) is 0 Å². The van der Waals surface area contributed by atoms with E-state index in [2.05, 4.69) is 32.1 Å². The van der Waals surface area contributed by atoms with Crippen LogP contribution in [0.5, 0.6) is 0 Å². The summed E-state index contributed by atoms with van der Waals surface area (Å²) in [5.41, 5.74) is 0.181. The summed E-state index contributed by atoms with van der Waals surface area (Å²) < 4.78 is 24.0. The van der Waals surface area contributed by atoms with Crippen molar-refractivity contribution in [3.8, 4) is 0 Å². The molecular formula is C20H40IN5O2S. The number of hydrogen-bond acceptors (Lipinski definition) is 5. The first-order chi connectivity index (χ1) is 13.2. The van der Waals surface area contributed by atoms with Gasteiger partial charge in [0, 0.05) is 32.2 Å². The molecular weight excluding hydrogens is 501 g/mol. The molecule has 0 aromatic rings. The summed E-state index contributed by atoms with van der Waals surface area (Å²) in [5, 5.41) is 3.65. The van der Waals surface area contributed by atoms with Gasteiger partial charge in [-0.05, 0) is 72.8 Å². The van der Waals surface area contributed by atoms with Gasteiger partial charge in [-0.3, -0.25) is 9.89 Å². The standard InChI is InChI=1S/C20H39N5O2S.HI/c1-19(2)17-24(14-15-28(19,26)27)18(21-3)22-16-20(8-12-23(4)13-9-20)25-10-6-5-7-11-25;/h5-17H2,1-4H3,(H,21,22);1H. The van der Waals surface area contributed by atoms with Gasteiger partial charge in [0.25, 0.3) is 0 Å². The van der Waals surface area contributed by atoms with E-state index in [0.29, 0.717) is 13.1 Å². The molecule has 3 fully saturated rings. The first-order valence-electron chi connectivity index (χ1n) is 10.8. The number of piperidine rings is 2. The Labute approximate surface area is 194 Å². The number of aliphatic imine (C=N–C) groups is 1. The third-order valence-electron chi connectivity index (χ3n) is 7.08. The van der Waals surface area contributed by atoms with E-state index in [-0.39, 0.29) is 35.3 Å². The maximum absolute atomic E-state index is 12.4. The fraction of sp³-hybridized carbons (Fsp3) is 0.950. The Hall–Kier alpha value is -0.130. The molecule has 0 aliphatic carbocycles. The normalized spacial score (nSPS) is 27.9. The Kier molecular flexibility index (Phi) is 8.66. The number of rotatable bonds is 3. The largest absolute Gasteiger partial charge is 0.354 e. The average Bonchev–Trinajstić information content (AvgIpc) is 2.67. The predicted octanol–water partition coefficient (Wildman–Crippen LogP) is 1.64. The van der Waals surface area contributed by atoms with Crippen molar-refractivity contribution in [3.63, 3.8) is 0 Å². The van der Waals surface area contributed by atoms with E-state index in [1.165, 1.54) is 45.2 Å². The summed E-state index contributed by atoms with van der Waals surface area (Å²) in [6.07, 6.45) is 6.29. The van der Waals surface area contributed by atoms with Gasteiger partial charge in [0.1, 0.15) is 0 Å². The minimum Gasteiger partial charge on any atom is -0.354 e. The number of hydrogen-bond donors (Lipinski definition) is 1. The van der Waals surface area contributed by atoms with Crippen molar-refractivity contribution in [1.29, 1.82) is 0 Å². The minimum atomic E-state index is -3.04. The van der Waals surface area contributed by atoms with Crippen LogP contribution in [0.25, 0.3) is 0 Å². The van der Waals surface area contributed by atoms with Gasteiger partial charge in [-0.15, -0.1) is 24.0 Å². The molecule has 3 aliphatic rings. The Morgan fingerprint density at radius 3 is 2.21 bits per heavy atom. The summed E-state index contributed by atoms with van der Waals surface area (Å²) in [6, 6.07) is 0. The highest BCUT2D eigenvalue weighted by Gasteiger charge is 2.43. The van der Waals surface area contributed by atoms with Crippen LogP contribution in [0.2, 0.25) is 0 Å².